The second-order valence-electron chi connectivity index (χ2n) is 6.65. The fourth-order valence-corrected chi connectivity index (χ4v) is 3.24. The Kier molecular flexibility index (Phi) is 6.54. The molecule has 9 heteroatoms. The number of nitrogens with one attached hydrogen (secondary N) is 1. The van der Waals surface area contributed by atoms with Crippen LogP contribution in [0.1, 0.15) is 35.6 Å². The fourth-order valence-electron chi connectivity index (χ4n) is 3.24. The van der Waals surface area contributed by atoms with E-state index < -0.39 is 5.97 Å². The van der Waals surface area contributed by atoms with Gasteiger partial charge >= 0.3 is 5.97 Å². The molecule has 2 aromatic carbocycles. The van der Waals surface area contributed by atoms with Crippen molar-refractivity contribution in [3.05, 3.63) is 47.3 Å². The van der Waals surface area contributed by atoms with Crippen LogP contribution in [0.4, 0.5) is 0 Å². The maximum Gasteiger partial charge on any atom is 0.308 e. The van der Waals surface area contributed by atoms with E-state index in [9.17, 15) is 9.59 Å². The van der Waals surface area contributed by atoms with Crippen molar-refractivity contribution in [1.82, 2.24) is 15.0 Å². The van der Waals surface area contributed by atoms with Crippen LogP contribution in [0.15, 0.2) is 35.4 Å². The lowest BCUT2D eigenvalue weighted by atomic mass is 10.2. The topological polar surface area (TPSA) is 104 Å². The molecule has 31 heavy (non-hydrogen) atoms. The van der Waals surface area contributed by atoms with Crippen molar-refractivity contribution in [3.63, 3.8) is 0 Å². The van der Waals surface area contributed by atoms with Gasteiger partial charge in [0.1, 0.15) is 5.82 Å². The van der Waals surface area contributed by atoms with E-state index >= 15 is 0 Å². The maximum absolute atomic E-state index is 12.5. The second kappa shape index (κ2) is 9.29. The van der Waals surface area contributed by atoms with Crippen LogP contribution in [-0.4, -0.2) is 41.9 Å². The molecule has 3 rings (SSSR count). The summed E-state index contributed by atoms with van der Waals surface area (Å²) in [5.74, 6) is 0.810. The number of ether oxygens (including phenoxy) is 3. The van der Waals surface area contributed by atoms with Gasteiger partial charge in [-0.05, 0) is 44.2 Å². The van der Waals surface area contributed by atoms with Crippen molar-refractivity contribution in [1.29, 1.82) is 0 Å². The Morgan fingerprint density at radius 3 is 2.42 bits per heavy atom. The van der Waals surface area contributed by atoms with Crippen LogP contribution in [-0.2, 0) is 11.3 Å². The standard InChI is InChI=1S/C22H24N4O5/c1-6-26-13(2)24-17-11-16(7-8-18(17)26)22(28)25-23-12-15-9-19(29-4)21(31-14(3)27)20(10-15)30-5/h7-12H,6H2,1-5H3,(H,25,28). The van der Waals surface area contributed by atoms with Gasteiger partial charge in [0.15, 0.2) is 11.5 Å². The van der Waals surface area contributed by atoms with E-state index in [0.717, 1.165) is 23.4 Å². The minimum Gasteiger partial charge on any atom is -0.493 e. The molecule has 0 spiro atoms. The molecule has 0 fully saturated rings. The molecule has 1 N–H and O–H groups in total. The van der Waals surface area contributed by atoms with Gasteiger partial charge < -0.3 is 18.8 Å². The number of rotatable bonds is 7. The van der Waals surface area contributed by atoms with Crippen molar-refractivity contribution < 1.29 is 23.8 Å². The summed E-state index contributed by atoms with van der Waals surface area (Å²) in [7, 11) is 2.89. The predicted molar refractivity (Wildman–Crippen MR) is 116 cm³/mol. The Hall–Kier alpha value is -3.88. The van der Waals surface area contributed by atoms with Crippen LogP contribution in [0, 0.1) is 6.92 Å². The molecule has 9 nitrogen and oxygen atoms in total. The molecule has 1 amide bonds. The SMILES string of the molecule is CCn1c(C)nc2cc(C(=O)NN=Cc3cc(OC)c(OC(C)=O)c(OC)c3)ccc21. The average Bonchev–Trinajstić information content (AvgIpc) is 3.07. The van der Waals surface area contributed by atoms with E-state index in [1.54, 1.807) is 24.3 Å². The molecule has 162 valence electrons. The number of nitrogens with zero attached hydrogens (tertiary/aromatic N) is 3. The molecule has 1 heterocycles. The molecular formula is C22H24N4O5. The Morgan fingerprint density at radius 1 is 1.16 bits per heavy atom. The Bertz CT molecular complexity index is 1140. The number of carbonyl (C=O) groups excluding carboxylic acids is 2. The number of hydrogen-bond donors (Lipinski definition) is 1. The quantitative estimate of drug-likeness (QED) is 0.271. The largest absolute Gasteiger partial charge is 0.493 e. The molecule has 0 radical (unpaired) electrons. The number of hydrogen-bond acceptors (Lipinski definition) is 7. The van der Waals surface area contributed by atoms with Crippen molar-refractivity contribution >= 4 is 29.1 Å². The van der Waals surface area contributed by atoms with Gasteiger partial charge in [0.25, 0.3) is 5.91 Å². The summed E-state index contributed by atoms with van der Waals surface area (Å²) in [6.07, 6.45) is 1.44. The smallest absolute Gasteiger partial charge is 0.308 e. The number of esters is 1. The van der Waals surface area contributed by atoms with Crippen LogP contribution < -0.4 is 19.6 Å². The first kappa shape index (κ1) is 21.8. The minimum absolute atomic E-state index is 0.175. The van der Waals surface area contributed by atoms with Crippen LogP contribution in [0.25, 0.3) is 11.0 Å². The van der Waals surface area contributed by atoms with Crippen LogP contribution in [0.5, 0.6) is 17.2 Å². The van der Waals surface area contributed by atoms with Crippen molar-refractivity contribution in [3.8, 4) is 17.2 Å². The number of amides is 1. The van der Waals surface area contributed by atoms with Crippen molar-refractivity contribution in [2.24, 2.45) is 5.10 Å². The predicted octanol–water partition coefficient (Wildman–Crippen LogP) is 3.07. The minimum atomic E-state index is -0.499. The number of hydrazone groups is 1. The Morgan fingerprint density at radius 2 is 1.84 bits per heavy atom. The van der Waals surface area contributed by atoms with E-state index in [0.29, 0.717) is 22.6 Å². The first-order valence-electron chi connectivity index (χ1n) is 9.62. The highest BCUT2D eigenvalue weighted by Gasteiger charge is 2.16. The van der Waals surface area contributed by atoms with Gasteiger partial charge in [-0.15, -0.1) is 0 Å². The number of imidazole rings is 1. The third-order valence-corrected chi connectivity index (χ3v) is 4.63. The number of carbonyl (C=O) groups is 2. The van der Waals surface area contributed by atoms with Gasteiger partial charge in [-0.1, -0.05) is 0 Å². The first-order valence-corrected chi connectivity index (χ1v) is 9.62. The van der Waals surface area contributed by atoms with Gasteiger partial charge in [-0.3, -0.25) is 9.59 Å². The summed E-state index contributed by atoms with van der Waals surface area (Å²) < 4.78 is 17.8. The maximum atomic E-state index is 12.5. The van der Waals surface area contributed by atoms with Crippen LogP contribution >= 0.6 is 0 Å². The number of fused-ring (bicyclic) bond motifs is 1. The third kappa shape index (κ3) is 4.66. The Balaban J connectivity index is 1.79. The molecule has 0 atom stereocenters. The summed E-state index contributed by atoms with van der Waals surface area (Å²) in [6.45, 7) is 6.07. The van der Waals surface area contributed by atoms with E-state index in [-0.39, 0.29) is 11.7 Å². The monoisotopic (exact) mass is 424 g/mol. The molecule has 0 aliphatic rings. The molecule has 0 saturated carbocycles. The third-order valence-electron chi connectivity index (χ3n) is 4.63. The van der Waals surface area contributed by atoms with Crippen LogP contribution in [0.3, 0.4) is 0 Å². The first-order chi connectivity index (χ1) is 14.9. The number of methoxy groups -OCH3 is 2. The lowest BCUT2D eigenvalue weighted by Gasteiger charge is -2.13. The van der Waals surface area contributed by atoms with E-state index in [1.165, 1.54) is 27.4 Å². The molecule has 0 aliphatic carbocycles. The summed E-state index contributed by atoms with van der Waals surface area (Å²) in [6, 6.07) is 8.58. The zero-order valence-corrected chi connectivity index (χ0v) is 18.1. The van der Waals surface area contributed by atoms with Gasteiger partial charge in [-0.25, -0.2) is 10.4 Å². The van der Waals surface area contributed by atoms with Crippen molar-refractivity contribution in [2.45, 2.75) is 27.3 Å². The molecule has 0 unspecified atom stereocenters. The summed E-state index contributed by atoms with van der Waals surface area (Å²) in [5, 5.41) is 4.01. The number of aryl methyl sites for hydroxylation is 2. The lowest BCUT2D eigenvalue weighted by molar-refractivity contribution is -0.132. The molecule has 0 aliphatic heterocycles. The highest BCUT2D eigenvalue weighted by atomic mass is 16.6. The molecule has 0 bridgehead atoms. The Labute approximate surface area is 179 Å². The van der Waals surface area contributed by atoms with E-state index in [2.05, 4.69) is 20.1 Å². The number of aromatic nitrogens is 2. The van der Waals surface area contributed by atoms with Gasteiger partial charge in [0, 0.05) is 24.6 Å². The van der Waals surface area contributed by atoms with Crippen LogP contribution in [0.2, 0.25) is 0 Å². The van der Waals surface area contributed by atoms with Gasteiger partial charge in [0.05, 0.1) is 31.5 Å². The lowest BCUT2D eigenvalue weighted by Crippen LogP contribution is -2.17. The van der Waals surface area contributed by atoms with E-state index in [4.69, 9.17) is 14.2 Å². The fraction of sp³-hybridized carbons (Fsp3) is 0.273. The highest BCUT2D eigenvalue weighted by molar-refractivity contribution is 5.98. The molecule has 0 saturated heterocycles. The van der Waals surface area contributed by atoms with Crippen molar-refractivity contribution in [2.75, 3.05) is 14.2 Å². The normalized spacial score (nSPS) is 11.0. The average molecular weight is 424 g/mol. The van der Waals surface area contributed by atoms with Gasteiger partial charge in [0.2, 0.25) is 5.75 Å². The summed E-state index contributed by atoms with van der Waals surface area (Å²) >= 11 is 0. The zero-order valence-electron chi connectivity index (χ0n) is 18.1. The highest BCUT2D eigenvalue weighted by Crippen LogP contribution is 2.38. The molecule has 1 aromatic heterocycles. The van der Waals surface area contributed by atoms with E-state index in [1.807, 2.05) is 19.9 Å². The summed E-state index contributed by atoms with van der Waals surface area (Å²) in [5.41, 5.74) is 5.26. The summed E-state index contributed by atoms with van der Waals surface area (Å²) in [4.78, 5) is 28.3. The molecule has 3 aromatic rings. The zero-order chi connectivity index (χ0) is 22.5. The molecular weight excluding hydrogens is 400 g/mol. The number of benzene rings is 2. The van der Waals surface area contributed by atoms with Gasteiger partial charge in [-0.2, -0.15) is 5.10 Å². The second-order valence-corrected chi connectivity index (χ2v) is 6.65.